The molecule has 0 heterocycles. The molecule has 0 saturated carbocycles. The van der Waals surface area contributed by atoms with Gasteiger partial charge in [0.05, 0.1) is 5.56 Å². The second-order valence-corrected chi connectivity index (χ2v) is 4.23. The summed E-state index contributed by atoms with van der Waals surface area (Å²) in [6.07, 6.45) is -2.63. The molecule has 4 heteroatoms. The first-order valence-electron chi connectivity index (χ1n) is 5.18. The summed E-state index contributed by atoms with van der Waals surface area (Å²) < 4.78 is 37.4. The van der Waals surface area contributed by atoms with Crippen molar-refractivity contribution in [1.82, 2.24) is 0 Å². The Hall–Kier alpha value is -0.700. The topological polar surface area (TPSA) is 0 Å². The zero-order valence-corrected chi connectivity index (χ0v) is 9.78. The highest BCUT2D eigenvalue weighted by molar-refractivity contribution is 6.17. The Morgan fingerprint density at radius 3 is 2.56 bits per heavy atom. The van der Waals surface area contributed by atoms with E-state index in [1.807, 2.05) is 6.92 Å². The van der Waals surface area contributed by atoms with Crippen molar-refractivity contribution in [2.24, 2.45) is 0 Å². The van der Waals surface area contributed by atoms with Crippen LogP contribution in [0.2, 0.25) is 0 Å². The molecule has 0 radical (unpaired) electrons. The highest BCUT2D eigenvalue weighted by Crippen LogP contribution is 2.31. The van der Waals surface area contributed by atoms with Gasteiger partial charge >= 0.3 is 6.18 Å². The Labute approximate surface area is 98.4 Å². The fourth-order valence-electron chi connectivity index (χ4n) is 1.57. The number of rotatable bonds is 4. The predicted octanol–water partition coefficient (Wildman–Crippen LogP) is 4.83. The highest BCUT2D eigenvalue weighted by atomic mass is 35.5. The maximum Gasteiger partial charge on any atom is 0.416 e. The van der Waals surface area contributed by atoms with Crippen LogP contribution in [0.25, 0.3) is 0 Å². The Bertz CT molecular complexity index is 333. The highest BCUT2D eigenvalue weighted by Gasteiger charge is 2.30. The van der Waals surface area contributed by atoms with Crippen LogP contribution in [-0.4, -0.2) is 5.88 Å². The standard InChI is InChI=1S/C12H14ClF3/c1-9(4-3-7-13)10-5-2-6-11(8-10)12(14,15)16/h2,5-6,8-9H,3-4,7H2,1H3. The van der Waals surface area contributed by atoms with E-state index >= 15 is 0 Å². The minimum absolute atomic E-state index is 0.112. The van der Waals surface area contributed by atoms with E-state index in [1.165, 1.54) is 12.1 Å². The summed E-state index contributed by atoms with van der Waals surface area (Å²) >= 11 is 5.56. The molecule has 0 nitrogen and oxygen atoms in total. The first-order chi connectivity index (χ1) is 7.45. The van der Waals surface area contributed by atoms with Crippen LogP contribution in [0, 0.1) is 0 Å². The lowest BCUT2D eigenvalue weighted by Gasteiger charge is -2.13. The lowest BCUT2D eigenvalue weighted by atomic mass is 9.95. The summed E-state index contributed by atoms with van der Waals surface area (Å²) in [5.41, 5.74) is 0.141. The Kier molecular flexibility index (Phi) is 4.66. The second-order valence-electron chi connectivity index (χ2n) is 3.86. The van der Waals surface area contributed by atoms with E-state index in [9.17, 15) is 13.2 Å². The molecule has 0 spiro atoms. The summed E-state index contributed by atoms with van der Waals surface area (Å²) in [6.45, 7) is 1.92. The normalized spacial score (nSPS) is 13.8. The molecule has 1 unspecified atom stereocenters. The molecular weight excluding hydrogens is 237 g/mol. The molecule has 1 aromatic carbocycles. The van der Waals surface area contributed by atoms with Crippen molar-refractivity contribution in [2.75, 3.05) is 5.88 Å². The van der Waals surface area contributed by atoms with E-state index in [4.69, 9.17) is 11.6 Å². The van der Waals surface area contributed by atoms with E-state index < -0.39 is 11.7 Å². The molecule has 1 atom stereocenters. The van der Waals surface area contributed by atoms with Gasteiger partial charge in [0.15, 0.2) is 0 Å². The van der Waals surface area contributed by atoms with Gasteiger partial charge in [0.1, 0.15) is 0 Å². The zero-order valence-electron chi connectivity index (χ0n) is 9.02. The molecule has 0 bridgehead atoms. The minimum atomic E-state index is -4.26. The second kappa shape index (κ2) is 5.58. The smallest absolute Gasteiger partial charge is 0.166 e. The van der Waals surface area contributed by atoms with Crippen molar-refractivity contribution in [3.8, 4) is 0 Å². The van der Waals surface area contributed by atoms with E-state index in [1.54, 1.807) is 6.07 Å². The van der Waals surface area contributed by atoms with Crippen molar-refractivity contribution < 1.29 is 13.2 Å². The maximum absolute atomic E-state index is 12.5. The van der Waals surface area contributed by atoms with Crippen LogP contribution in [0.5, 0.6) is 0 Å². The van der Waals surface area contributed by atoms with Crippen LogP contribution in [0.3, 0.4) is 0 Å². The monoisotopic (exact) mass is 250 g/mol. The summed E-state index contributed by atoms with van der Waals surface area (Å²) in [5, 5.41) is 0. The van der Waals surface area contributed by atoms with Gasteiger partial charge in [-0.2, -0.15) is 13.2 Å². The molecule has 90 valence electrons. The van der Waals surface area contributed by atoms with Crippen molar-refractivity contribution in [1.29, 1.82) is 0 Å². The molecule has 0 saturated heterocycles. The quantitative estimate of drug-likeness (QED) is 0.672. The summed E-state index contributed by atoms with van der Waals surface area (Å²) in [4.78, 5) is 0. The number of alkyl halides is 4. The predicted molar refractivity (Wildman–Crippen MR) is 59.8 cm³/mol. The van der Waals surface area contributed by atoms with E-state index in [0.717, 1.165) is 24.5 Å². The number of benzene rings is 1. The average molecular weight is 251 g/mol. The molecule has 1 rings (SSSR count). The van der Waals surface area contributed by atoms with Gasteiger partial charge in [0.25, 0.3) is 0 Å². The van der Waals surface area contributed by atoms with Crippen LogP contribution < -0.4 is 0 Å². The minimum Gasteiger partial charge on any atom is -0.166 e. The Morgan fingerprint density at radius 1 is 1.31 bits per heavy atom. The third-order valence-corrected chi connectivity index (χ3v) is 2.82. The van der Waals surface area contributed by atoms with Gasteiger partial charge < -0.3 is 0 Å². The van der Waals surface area contributed by atoms with Gasteiger partial charge in [-0.3, -0.25) is 0 Å². The van der Waals surface area contributed by atoms with E-state index in [2.05, 4.69) is 0 Å². The molecule has 0 aromatic heterocycles. The zero-order chi connectivity index (χ0) is 12.2. The molecule has 1 aromatic rings. The molecule has 0 N–H and O–H groups in total. The fraction of sp³-hybridized carbons (Fsp3) is 0.500. The molecule has 16 heavy (non-hydrogen) atoms. The van der Waals surface area contributed by atoms with E-state index in [0.29, 0.717) is 5.88 Å². The average Bonchev–Trinajstić information content (AvgIpc) is 2.25. The van der Waals surface area contributed by atoms with Gasteiger partial charge in [-0.1, -0.05) is 25.1 Å². The van der Waals surface area contributed by atoms with Crippen LogP contribution in [0.15, 0.2) is 24.3 Å². The molecule has 0 aliphatic carbocycles. The lowest BCUT2D eigenvalue weighted by Crippen LogP contribution is -2.06. The summed E-state index contributed by atoms with van der Waals surface area (Å²) in [6, 6.07) is 5.50. The summed E-state index contributed by atoms with van der Waals surface area (Å²) in [7, 11) is 0. The molecule has 0 amide bonds. The van der Waals surface area contributed by atoms with Crippen LogP contribution in [-0.2, 0) is 6.18 Å². The first kappa shape index (κ1) is 13.4. The maximum atomic E-state index is 12.5. The molecule has 0 aliphatic rings. The first-order valence-corrected chi connectivity index (χ1v) is 5.71. The number of hydrogen-bond acceptors (Lipinski definition) is 0. The Morgan fingerprint density at radius 2 is 2.00 bits per heavy atom. The molecule has 0 fully saturated rings. The van der Waals surface area contributed by atoms with Crippen LogP contribution in [0.1, 0.15) is 36.8 Å². The van der Waals surface area contributed by atoms with Crippen LogP contribution in [0.4, 0.5) is 13.2 Å². The number of halogens is 4. The van der Waals surface area contributed by atoms with Gasteiger partial charge in [0.2, 0.25) is 0 Å². The Balaban J connectivity index is 2.82. The largest absolute Gasteiger partial charge is 0.416 e. The van der Waals surface area contributed by atoms with Crippen molar-refractivity contribution >= 4 is 11.6 Å². The fourth-order valence-corrected chi connectivity index (χ4v) is 1.73. The third-order valence-electron chi connectivity index (χ3n) is 2.55. The summed E-state index contributed by atoms with van der Waals surface area (Å²) in [5.74, 6) is 0.657. The SMILES string of the molecule is CC(CCCCl)c1cccc(C(F)(F)F)c1. The molecular formula is C12H14ClF3. The lowest BCUT2D eigenvalue weighted by molar-refractivity contribution is -0.137. The van der Waals surface area contributed by atoms with Crippen molar-refractivity contribution in [3.63, 3.8) is 0 Å². The number of hydrogen-bond donors (Lipinski definition) is 0. The van der Waals surface area contributed by atoms with Crippen LogP contribution >= 0.6 is 11.6 Å². The molecule has 0 aliphatic heterocycles. The van der Waals surface area contributed by atoms with Gasteiger partial charge in [-0.25, -0.2) is 0 Å². The third kappa shape index (κ3) is 3.71. The van der Waals surface area contributed by atoms with Gasteiger partial charge in [-0.15, -0.1) is 11.6 Å². The van der Waals surface area contributed by atoms with Crippen molar-refractivity contribution in [3.05, 3.63) is 35.4 Å². The van der Waals surface area contributed by atoms with E-state index in [-0.39, 0.29) is 5.92 Å². The van der Waals surface area contributed by atoms with Crippen molar-refractivity contribution in [2.45, 2.75) is 31.9 Å². The van der Waals surface area contributed by atoms with Gasteiger partial charge in [0, 0.05) is 5.88 Å². The van der Waals surface area contributed by atoms with Gasteiger partial charge in [-0.05, 0) is 30.4 Å².